The molecule has 122 valence electrons. The van der Waals surface area contributed by atoms with E-state index in [4.69, 9.17) is 0 Å². The Kier molecular flexibility index (Phi) is 5.53. The van der Waals surface area contributed by atoms with Gasteiger partial charge in [0.15, 0.2) is 0 Å². The van der Waals surface area contributed by atoms with E-state index in [1.807, 2.05) is 37.8 Å². The molecule has 1 aromatic heterocycles. The number of rotatable bonds is 4. The molecule has 1 amide bonds. The second-order valence-electron chi connectivity index (χ2n) is 6.24. The van der Waals surface area contributed by atoms with Crippen molar-refractivity contribution in [2.24, 2.45) is 0 Å². The van der Waals surface area contributed by atoms with Crippen LogP contribution in [0.3, 0.4) is 0 Å². The summed E-state index contributed by atoms with van der Waals surface area (Å²) in [5.41, 5.74) is 2.43. The molecule has 0 aliphatic carbocycles. The van der Waals surface area contributed by atoms with Gasteiger partial charge >= 0.3 is 0 Å². The Labute approximate surface area is 132 Å². The first-order valence-electron chi connectivity index (χ1n) is 8.08. The van der Waals surface area contributed by atoms with Crippen LogP contribution >= 0.6 is 0 Å². The Bertz CT molecular complexity index is 531. The van der Waals surface area contributed by atoms with Crippen molar-refractivity contribution in [3.63, 3.8) is 0 Å². The standard InChI is InChI=1S/C17H27N3O2/c1-5-15-11-20(9-8-19(15)10-13(3)21)17(22)16-7-6-12(2)18-14(16)4/h6-7,13,15,21H,5,8-11H2,1-4H3/t13-,15+/m0/s1. The number of piperazine rings is 1. The van der Waals surface area contributed by atoms with Gasteiger partial charge in [0.2, 0.25) is 0 Å². The third kappa shape index (κ3) is 3.84. The lowest BCUT2D eigenvalue weighted by molar-refractivity contribution is 0.0309. The maximum absolute atomic E-state index is 12.7. The van der Waals surface area contributed by atoms with Crippen molar-refractivity contribution >= 4 is 5.91 Å². The highest BCUT2D eigenvalue weighted by Crippen LogP contribution is 2.17. The third-order valence-electron chi connectivity index (χ3n) is 4.32. The zero-order valence-corrected chi connectivity index (χ0v) is 14.0. The van der Waals surface area contributed by atoms with Gasteiger partial charge in [-0.3, -0.25) is 14.7 Å². The van der Waals surface area contributed by atoms with Crippen LogP contribution < -0.4 is 0 Å². The summed E-state index contributed by atoms with van der Waals surface area (Å²) >= 11 is 0. The van der Waals surface area contributed by atoms with Crippen molar-refractivity contribution in [2.75, 3.05) is 26.2 Å². The van der Waals surface area contributed by atoms with Crippen molar-refractivity contribution < 1.29 is 9.90 Å². The molecule has 1 N–H and O–H groups in total. The van der Waals surface area contributed by atoms with Crippen molar-refractivity contribution in [2.45, 2.75) is 46.3 Å². The van der Waals surface area contributed by atoms with Gasteiger partial charge in [-0.1, -0.05) is 6.92 Å². The van der Waals surface area contributed by atoms with Gasteiger partial charge in [-0.25, -0.2) is 0 Å². The maximum atomic E-state index is 12.7. The molecule has 0 bridgehead atoms. The summed E-state index contributed by atoms with van der Waals surface area (Å²) < 4.78 is 0. The van der Waals surface area contributed by atoms with Crippen LogP contribution in [0.15, 0.2) is 12.1 Å². The zero-order chi connectivity index (χ0) is 16.3. The van der Waals surface area contributed by atoms with E-state index in [1.165, 1.54) is 0 Å². The van der Waals surface area contributed by atoms with E-state index < -0.39 is 0 Å². The van der Waals surface area contributed by atoms with E-state index in [0.717, 1.165) is 30.9 Å². The topological polar surface area (TPSA) is 56.7 Å². The number of aliphatic hydroxyl groups is 1. The number of aryl methyl sites for hydroxylation is 2. The number of amides is 1. The van der Waals surface area contributed by atoms with Crippen molar-refractivity contribution in [3.8, 4) is 0 Å². The minimum atomic E-state index is -0.333. The molecule has 2 heterocycles. The van der Waals surface area contributed by atoms with Gasteiger partial charge in [0.1, 0.15) is 0 Å². The molecule has 0 radical (unpaired) electrons. The molecule has 0 saturated carbocycles. The van der Waals surface area contributed by atoms with Gasteiger partial charge in [0.05, 0.1) is 17.4 Å². The molecule has 1 fully saturated rings. The summed E-state index contributed by atoms with van der Waals surface area (Å²) in [4.78, 5) is 21.3. The fourth-order valence-electron chi connectivity index (χ4n) is 3.13. The van der Waals surface area contributed by atoms with Gasteiger partial charge < -0.3 is 10.0 Å². The number of hydrogen-bond donors (Lipinski definition) is 1. The van der Waals surface area contributed by atoms with Crippen molar-refractivity contribution in [3.05, 3.63) is 29.1 Å². The molecule has 2 atom stereocenters. The summed E-state index contributed by atoms with van der Waals surface area (Å²) in [6.45, 7) is 10.7. The molecule has 1 aliphatic heterocycles. The molecular weight excluding hydrogens is 278 g/mol. The predicted octanol–water partition coefficient (Wildman–Crippen LogP) is 1.62. The Morgan fingerprint density at radius 1 is 1.41 bits per heavy atom. The van der Waals surface area contributed by atoms with Crippen LogP contribution in [-0.4, -0.2) is 64.1 Å². The summed E-state index contributed by atoms with van der Waals surface area (Å²) in [6, 6.07) is 4.08. The Hall–Kier alpha value is -1.46. The molecule has 5 heteroatoms. The van der Waals surface area contributed by atoms with E-state index in [1.54, 1.807) is 0 Å². The SMILES string of the molecule is CC[C@@H]1CN(C(=O)c2ccc(C)nc2C)CCN1C[C@H](C)O. The van der Waals surface area contributed by atoms with Crippen molar-refractivity contribution in [1.29, 1.82) is 0 Å². The Morgan fingerprint density at radius 2 is 2.14 bits per heavy atom. The number of β-amino-alcohol motifs (C(OH)–C–C–N with tert-alkyl or cyclic N) is 1. The molecule has 5 nitrogen and oxygen atoms in total. The van der Waals surface area contributed by atoms with Crippen LogP contribution in [0.2, 0.25) is 0 Å². The molecular formula is C17H27N3O2. The summed E-state index contributed by atoms with van der Waals surface area (Å²) in [5.74, 6) is 0.0696. The van der Waals surface area contributed by atoms with Gasteiger partial charge in [0, 0.05) is 37.9 Å². The normalized spacial score (nSPS) is 21.0. The van der Waals surface area contributed by atoms with E-state index in [0.29, 0.717) is 24.7 Å². The smallest absolute Gasteiger partial charge is 0.255 e. The first-order valence-corrected chi connectivity index (χ1v) is 8.08. The van der Waals surface area contributed by atoms with Crippen LogP contribution in [0, 0.1) is 13.8 Å². The molecule has 0 aromatic carbocycles. The minimum Gasteiger partial charge on any atom is -0.392 e. The monoisotopic (exact) mass is 305 g/mol. The second kappa shape index (κ2) is 7.20. The number of nitrogens with zero attached hydrogens (tertiary/aromatic N) is 3. The fourth-order valence-corrected chi connectivity index (χ4v) is 3.13. The minimum absolute atomic E-state index is 0.0696. The van der Waals surface area contributed by atoms with Gasteiger partial charge in [0.25, 0.3) is 5.91 Å². The second-order valence-corrected chi connectivity index (χ2v) is 6.24. The third-order valence-corrected chi connectivity index (χ3v) is 4.32. The average Bonchev–Trinajstić information content (AvgIpc) is 2.46. The van der Waals surface area contributed by atoms with Crippen LogP contribution in [0.25, 0.3) is 0 Å². The molecule has 22 heavy (non-hydrogen) atoms. The van der Waals surface area contributed by atoms with E-state index >= 15 is 0 Å². The van der Waals surface area contributed by atoms with Crippen LogP contribution in [0.4, 0.5) is 0 Å². The molecule has 1 aromatic rings. The highest BCUT2D eigenvalue weighted by molar-refractivity contribution is 5.95. The lowest BCUT2D eigenvalue weighted by Crippen LogP contribution is -2.55. The lowest BCUT2D eigenvalue weighted by Gasteiger charge is -2.41. The Balaban J connectivity index is 2.09. The molecule has 0 spiro atoms. The lowest BCUT2D eigenvalue weighted by atomic mass is 10.1. The maximum Gasteiger partial charge on any atom is 0.255 e. The fraction of sp³-hybridized carbons (Fsp3) is 0.647. The van der Waals surface area contributed by atoms with Gasteiger partial charge in [-0.15, -0.1) is 0 Å². The van der Waals surface area contributed by atoms with Crippen molar-refractivity contribution in [1.82, 2.24) is 14.8 Å². The number of pyridine rings is 1. The quantitative estimate of drug-likeness (QED) is 0.918. The number of aromatic nitrogens is 1. The molecule has 1 aliphatic rings. The van der Waals surface area contributed by atoms with Gasteiger partial charge in [-0.2, -0.15) is 0 Å². The molecule has 0 unspecified atom stereocenters. The Morgan fingerprint density at radius 3 is 2.73 bits per heavy atom. The van der Waals surface area contributed by atoms with Crippen LogP contribution in [0.5, 0.6) is 0 Å². The predicted molar refractivity (Wildman–Crippen MR) is 86.9 cm³/mol. The van der Waals surface area contributed by atoms with Gasteiger partial charge in [-0.05, 0) is 39.3 Å². The van der Waals surface area contributed by atoms with E-state index in [2.05, 4.69) is 16.8 Å². The van der Waals surface area contributed by atoms with E-state index in [9.17, 15) is 9.90 Å². The number of carbonyl (C=O) groups is 1. The average molecular weight is 305 g/mol. The van der Waals surface area contributed by atoms with Crippen LogP contribution in [-0.2, 0) is 0 Å². The number of hydrogen-bond acceptors (Lipinski definition) is 4. The largest absolute Gasteiger partial charge is 0.392 e. The summed E-state index contributed by atoms with van der Waals surface area (Å²) in [5, 5.41) is 9.60. The zero-order valence-electron chi connectivity index (χ0n) is 14.0. The van der Waals surface area contributed by atoms with Crippen LogP contribution in [0.1, 0.15) is 42.0 Å². The molecule has 2 rings (SSSR count). The summed E-state index contributed by atoms with van der Waals surface area (Å²) in [6.07, 6.45) is 0.640. The number of aliphatic hydroxyl groups excluding tert-OH is 1. The number of carbonyl (C=O) groups excluding carboxylic acids is 1. The first-order chi connectivity index (χ1) is 10.4. The highest BCUT2D eigenvalue weighted by Gasteiger charge is 2.30. The van der Waals surface area contributed by atoms with E-state index in [-0.39, 0.29) is 12.0 Å². The first kappa shape index (κ1) is 16.9. The molecule has 1 saturated heterocycles. The highest BCUT2D eigenvalue weighted by atomic mass is 16.3. The summed E-state index contributed by atoms with van der Waals surface area (Å²) in [7, 11) is 0.